The Morgan fingerprint density at radius 3 is 3.12 bits per heavy atom. The van der Waals surface area contributed by atoms with E-state index in [1.54, 1.807) is 7.11 Å². The van der Waals surface area contributed by atoms with Crippen LogP contribution >= 0.6 is 0 Å². The lowest BCUT2D eigenvalue weighted by Gasteiger charge is -2.18. The predicted molar refractivity (Wildman–Crippen MR) is 65.2 cm³/mol. The molecule has 0 bridgehead atoms. The highest BCUT2D eigenvalue weighted by atomic mass is 16.6. The van der Waals surface area contributed by atoms with Crippen molar-refractivity contribution in [1.82, 2.24) is 5.48 Å². The van der Waals surface area contributed by atoms with Crippen LogP contribution in [0.5, 0.6) is 11.5 Å². The number of rotatable bonds is 4. The van der Waals surface area contributed by atoms with Gasteiger partial charge in [0, 0.05) is 5.56 Å². The summed E-state index contributed by atoms with van der Waals surface area (Å²) in [7, 11) is 1.64. The van der Waals surface area contributed by atoms with Crippen LogP contribution in [-0.2, 0) is 4.84 Å². The largest absolute Gasteiger partial charge is 0.490 e. The van der Waals surface area contributed by atoms with E-state index in [0.717, 1.165) is 36.5 Å². The van der Waals surface area contributed by atoms with Crippen molar-refractivity contribution in [1.29, 1.82) is 0 Å². The molecule has 1 aromatic rings. The molecule has 0 saturated heterocycles. The maximum Gasteiger partial charge on any atom is 0.166 e. The second-order valence-corrected chi connectivity index (χ2v) is 3.97. The number of nitrogens with one attached hydrogen (secondary N) is 1. The zero-order chi connectivity index (χ0) is 12.1. The fraction of sp³-hybridized carbons (Fsp3) is 0.538. The van der Waals surface area contributed by atoms with Gasteiger partial charge in [-0.25, -0.2) is 0 Å². The second-order valence-electron chi connectivity index (χ2n) is 3.97. The molecule has 0 amide bonds. The molecular formula is C13H19NO3. The molecule has 0 saturated carbocycles. The molecule has 4 heteroatoms. The van der Waals surface area contributed by atoms with Gasteiger partial charge in [0.1, 0.15) is 0 Å². The van der Waals surface area contributed by atoms with E-state index in [1.165, 1.54) is 0 Å². The van der Waals surface area contributed by atoms with Gasteiger partial charge < -0.3 is 14.3 Å². The summed E-state index contributed by atoms with van der Waals surface area (Å²) in [5.41, 5.74) is 4.12. The standard InChI is InChI=1S/C13H19NO3/c1-3-16-12-8-4-6-10-11(14-15-2)7-5-9-17-13(10)12/h4,6,8,11,14H,3,5,7,9H2,1-2H3. The van der Waals surface area contributed by atoms with E-state index in [9.17, 15) is 0 Å². The maximum atomic E-state index is 5.79. The van der Waals surface area contributed by atoms with Gasteiger partial charge in [-0.15, -0.1) is 0 Å². The summed E-state index contributed by atoms with van der Waals surface area (Å²) in [6, 6.07) is 6.15. The summed E-state index contributed by atoms with van der Waals surface area (Å²) >= 11 is 0. The molecule has 1 atom stereocenters. The van der Waals surface area contributed by atoms with Crippen molar-refractivity contribution in [2.45, 2.75) is 25.8 Å². The molecular weight excluding hydrogens is 218 g/mol. The molecule has 0 spiro atoms. The second kappa shape index (κ2) is 5.89. The van der Waals surface area contributed by atoms with Crippen molar-refractivity contribution in [3.05, 3.63) is 23.8 Å². The predicted octanol–water partition coefficient (Wildman–Crippen LogP) is 2.45. The number of hydroxylamine groups is 1. The van der Waals surface area contributed by atoms with E-state index in [-0.39, 0.29) is 6.04 Å². The average Bonchev–Trinajstić information content (AvgIpc) is 2.54. The Morgan fingerprint density at radius 1 is 1.47 bits per heavy atom. The van der Waals surface area contributed by atoms with Crippen LogP contribution in [0.2, 0.25) is 0 Å². The molecule has 0 radical (unpaired) electrons. The molecule has 2 rings (SSSR count). The van der Waals surface area contributed by atoms with Crippen LogP contribution in [0.1, 0.15) is 31.4 Å². The molecule has 1 N–H and O–H groups in total. The van der Waals surface area contributed by atoms with E-state index in [1.807, 2.05) is 19.1 Å². The highest BCUT2D eigenvalue weighted by molar-refractivity contribution is 5.48. The van der Waals surface area contributed by atoms with E-state index >= 15 is 0 Å². The molecule has 1 heterocycles. The molecule has 0 aliphatic carbocycles. The van der Waals surface area contributed by atoms with Crippen molar-refractivity contribution in [2.24, 2.45) is 0 Å². The van der Waals surface area contributed by atoms with Crippen molar-refractivity contribution < 1.29 is 14.3 Å². The number of hydrogen-bond acceptors (Lipinski definition) is 4. The lowest BCUT2D eigenvalue weighted by molar-refractivity contribution is 0.0579. The molecule has 94 valence electrons. The summed E-state index contributed by atoms with van der Waals surface area (Å²) < 4.78 is 11.4. The van der Waals surface area contributed by atoms with Crippen LogP contribution in [-0.4, -0.2) is 20.3 Å². The lowest BCUT2D eigenvalue weighted by Crippen LogP contribution is -2.19. The molecule has 1 unspecified atom stereocenters. The first kappa shape index (κ1) is 12.2. The fourth-order valence-corrected chi connectivity index (χ4v) is 2.11. The highest BCUT2D eigenvalue weighted by Crippen LogP contribution is 2.38. The maximum absolute atomic E-state index is 5.79. The summed E-state index contributed by atoms with van der Waals surface area (Å²) in [6.07, 6.45) is 2.00. The van der Waals surface area contributed by atoms with Gasteiger partial charge in [0.25, 0.3) is 0 Å². The monoisotopic (exact) mass is 237 g/mol. The topological polar surface area (TPSA) is 39.7 Å². The molecule has 0 fully saturated rings. The van der Waals surface area contributed by atoms with Crippen molar-refractivity contribution in [3.8, 4) is 11.5 Å². The minimum Gasteiger partial charge on any atom is -0.490 e. The Labute approximate surface area is 102 Å². The number of benzene rings is 1. The van der Waals surface area contributed by atoms with E-state index in [4.69, 9.17) is 14.3 Å². The summed E-state index contributed by atoms with van der Waals surface area (Å²) in [4.78, 5) is 5.05. The van der Waals surface area contributed by atoms with Gasteiger partial charge >= 0.3 is 0 Å². The number of para-hydroxylation sites is 1. The van der Waals surface area contributed by atoms with Crippen molar-refractivity contribution in [3.63, 3.8) is 0 Å². The Morgan fingerprint density at radius 2 is 2.35 bits per heavy atom. The Bertz CT molecular complexity index is 368. The first-order valence-electron chi connectivity index (χ1n) is 6.03. The van der Waals surface area contributed by atoms with Crippen LogP contribution in [0, 0.1) is 0 Å². The first-order valence-corrected chi connectivity index (χ1v) is 6.03. The number of fused-ring (bicyclic) bond motifs is 1. The van der Waals surface area contributed by atoms with Crippen LogP contribution < -0.4 is 15.0 Å². The zero-order valence-electron chi connectivity index (χ0n) is 10.4. The smallest absolute Gasteiger partial charge is 0.166 e. The van der Waals surface area contributed by atoms with Crippen LogP contribution in [0.25, 0.3) is 0 Å². The van der Waals surface area contributed by atoms with Crippen molar-refractivity contribution in [2.75, 3.05) is 20.3 Å². The molecule has 4 nitrogen and oxygen atoms in total. The fourth-order valence-electron chi connectivity index (χ4n) is 2.11. The SMILES string of the molecule is CCOc1cccc2c1OCCCC2NOC. The summed E-state index contributed by atoms with van der Waals surface area (Å²) in [5, 5.41) is 0. The third kappa shape index (κ3) is 2.70. The third-order valence-electron chi connectivity index (χ3n) is 2.83. The van der Waals surface area contributed by atoms with E-state index in [0.29, 0.717) is 6.61 Å². The summed E-state index contributed by atoms with van der Waals surface area (Å²) in [5.74, 6) is 1.66. The van der Waals surface area contributed by atoms with Gasteiger partial charge in [-0.2, -0.15) is 5.48 Å². The Kier molecular flexibility index (Phi) is 4.23. The zero-order valence-corrected chi connectivity index (χ0v) is 10.4. The minimum absolute atomic E-state index is 0.165. The Balaban J connectivity index is 2.34. The summed E-state index contributed by atoms with van der Waals surface area (Å²) in [6.45, 7) is 3.34. The van der Waals surface area contributed by atoms with Crippen LogP contribution in [0.4, 0.5) is 0 Å². The Hall–Kier alpha value is -1.26. The van der Waals surface area contributed by atoms with Crippen LogP contribution in [0.3, 0.4) is 0 Å². The molecule has 1 aliphatic heterocycles. The van der Waals surface area contributed by atoms with Crippen LogP contribution in [0.15, 0.2) is 18.2 Å². The van der Waals surface area contributed by atoms with Gasteiger partial charge in [-0.3, -0.25) is 0 Å². The quantitative estimate of drug-likeness (QED) is 0.816. The number of hydrogen-bond donors (Lipinski definition) is 1. The van der Waals surface area contributed by atoms with Crippen molar-refractivity contribution >= 4 is 0 Å². The van der Waals surface area contributed by atoms with Gasteiger partial charge in [-0.05, 0) is 25.8 Å². The normalized spacial score (nSPS) is 19.1. The van der Waals surface area contributed by atoms with E-state index in [2.05, 4.69) is 11.5 Å². The highest BCUT2D eigenvalue weighted by Gasteiger charge is 2.22. The molecule has 1 aromatic carbocycles. The van der Waals surface area contributed by atoms with Gasteiger partial charge in [0.05, 0.1) is 26.4 Å². The average molecular weight is 237 g/mol. The van der Waals surface area contributed by atoms with E-state index < -0.39 is 0 Å². The third-order valence-corrected chi connectivity index (χ3v) is 2.83. The first-order chi connectivity index (χ1) is 8.36. The van der Waals surface area contributed by atoms with Gasteiger partial charge in [-0.1, -0.05) is 12.1 Å². The number of ether oxygens (including phenoxy) is 2. The molecule has 1 aliphatic rings. The van der Waals surface area contributed by atoms with Gasteiger partial charge in [0.2, 0.25) is 0 Å². The molecule has 17 heavy (non-hydrogen) atoms. The lowest BCUT2D eigenvalue weighted by atomic mass is 10.0. The van der Waals surface area contributed by atoms with Gasteiger partial charge in [0.15, 0.2) is 11.5 Å². The minimum atomic E-state index is 0.165. The molecule has 0 aromatic heterocycles.